The van der Waals surface area contributed by atoms with Crippen LogP contribution in [-0.2, 0) is 4.74 Å². The number of hydrogen-bond donors (Lipinski definition) is 0. The first-order valence-corrected chi connectivity index (χ1v) is 10.8. The molecule has 5 nitrogen and oxygen atoms in total. The number of para-hydroxylation sites is 1. The molecular weight excluding hydrogens is 432 g/mol. The topological polar surface area (TPSA) is 43.3 Å². The maximum absolute atomic E-state index is 6.69. The third-order valence-electron chi connectivity index (χ3n) is 6.06. The van der Waals surface area contributed by atoms with Crippen LogP contribution in [0.2, 0.25) is 0 Å². The van der Waals surface area contributed by atoms with E-state index >= 15 is 0 Å². The van der Waals surface area contributed by atoms with Gasteiger partial charge in [0.1, 0.15) is 11.5 Å². The molecule has 0 aliphatic carbocycles. The van der Waals surface area contributed by atoms with Crippen LogP contribution in [0.3, 0.4) is 0 Å². The van der Waals surface area contributed by atoms with Crippen molar-refractivity contribution in [2.45, 2.75) is 50.5 Å². The molecule has 0 unspecified atom stereocenters. The minimum absolute atomic E-state index is 0.130. The Morgan fingerprint density at radius 2 is 2.03 bits per heavy atom. The van der Waals surface area contributed by atoms with Crippen LogP contribution >= 0.6 is 15.9 Å². The third kappa shape index (κ3) is 3.13. The van der Waals surface area contributed by atoms with E-state index in [0.717, 1.165) is 46.5 Å². The number of methoxy groups -OCH3 is 1. The molecule has 3 aliphatic heterocycles. The molecule has 5 rings (SSSR count). The van der Waals surface area contributed by atoms with E-state index in [-0.39, 0.29) is 11.6 Å². The van der Waals surface area contributed by atoms with Crippen LogP contribution in [0.5, 0.6) is 11.5 Å². The van der Waals surface area contributed by atoms with E-state index in [1.807, 2.05) is 24.3 Å². The summed E-state index contributed by atoms with van der Waals surface area (Å²) in [6.45, 7) is 4.91. The predicted octanol–water partition coefficient (Wildman–Crippen LogP) is 5.29. The van der Waals surface area contributed by atoms with Gasteiger partial charge in [0.05, 0.1) is 31.1 Å². The monoisotopic (exact) mass is 456 g/mol. The maximum Gasteiger partial charge on any atom is 0.203 e. The van der Waals surface area contributed by atoms with E-state index in [0.29, 0.717) is 6.61 Å². The number of hydrogen-bond acceptors (Lipinski definition) is 5. The van der Waals surface area contributed by atoms with Gasteiger partial charge in [0.15, 0.2) is 0 Å². The Balaban J connectivity index is 1.63. The highest BCUT2D eigenvalue weighted by atomic mass is 79.9. The maximum atomic E-state index is 6.69. The molecule has 2 aromatic carbocycles. The molecule has 0 radical (unpaired) electrons. The van der Waals surface area contributed by atoms with Crippen molar-refractivity contribution in [3.8, 4) is 11.5 Å². The molecule has 2 aromatic rings. The Morgan fingerprint density at radius 3 is 2.83 bits per heavy atom. The molecule has 0 amide bonds. The van der Waals surface area contributed by atoms with Crippen molar-refractivity contribution >= 4 is 21.6 Å². The number of hydrazone groups is 1. The molecule has 2 atom stereocenters. The SMILES string of the molecule is COc1ccccc1C1=NN2[C@@H](C1)c1cc(Br)ccc1O[C@@]21CCOC(C)(C)C1. The van der Waals surface area contributed by atoms with E-state index in [2.05, 4.69) is 53.0 Å². The van der Waals surface area contributed by atoms with E-state index in [1.165, 1.54) is 5.56 Å². The lowest BCUT2D eigenvalue weighted by Gasteiger charge is -2.52. The van der Waals surface area contributed by atoms with Crippen molar-refractivity contribution in [2.75, 3.05) is 13.7 Å². The molecule has 1 saturated heterocycles. The van der Waals surface area contributed by atoms with E-state index < -0.39 is 5.72 Å². The van der Waals surface area contributed by atoms with Gasteiger partial charge < -0.3 is 14.2 Å². The number of ether oxygens (including phenoxy) is 3. The zero-order chi connectivity index (χ0) is 20.2. The first kappa shape index (κ1) is 18.9. The molecule has 6 heteroatoms. The average molecular weight is 457 g/mol. The normalized spacial score (nSPS) is 27.1. The molecule has 3 aliphatic rings. The summed E-state index contributed by atoms with van der Waals surface area (Å²) >= 11 is 3.62. The smallest absolute Gasteiger partial charge is 0.203 e. The van der Waals surface area contributed by atoms with E-state index in [1.54, 1.807) is 7.11 Å². The summed E-state index contributed by atoms with van der Waals surface area (Å²) in [6, 6.07) is 14.5. The Morgan fingerprint density at radius 1 is 1.21 bits per heavy atom. The lowest BCUT2D eigenvalue weighted by molar-refractivity contribution is -0.212. The minimum Gasteiger partial charge on any atom is -0.496 e. The lowest BCUT2D eigenvalue weighted by atomic mass is 9.86. The van der Waals surface area contributed by atoms with Gasteiger partial charge in [0.2, 0.25) is 5.72 Å². The number of nitrogens with zero attached hydrogens (tertiary/aromatic N) is 2. The van der Waals surface area contributed by atoms with Crippen molar-refractivity contribution in [1.29, 1.82) is 0 Å². The van der Waals surface area contributed by atoms with E-state index in [9.17, 15) is 0 Å². The van der Waals surface area contributed by atoms with Crippen molar-refractivity contribution in [3.63, 3.8) is 0 Å². The van der Waals surface area contributed by atoms with Gasteiger partial charge >= 0.3 is 0 Å². The molecule has 0 saturated carbocycles. The lowest BCUT2D eigenvalue weighted by Crippen LogP contribution is -2.60. The van der Waals surface area contributed by atoms with Gasteiger partial charge in [-0.2, -0.15) is 5.10 Å². The molecule has 1 fully saturated rings. The van der Waals surface area contributed by atoms with Crippen LogP contribution < -0.4 is 9.47 Å². The van der Waals surface area contributed by atoms with Gasteiger partial charge in [-0.1, -0.05) is 28.1 Å². The minimum atomic E-state index is -0.503. The summed E-state index contributed by atoms with van der Waals surface area (Å²) in [5.74, 6) is 1.80. The number of halogens is 1. The van der Waals surface area contributed by atoms with Gasteiger partial charge in [0.25, 0.3) is 0 Å². The number of benzene rings is 2. The zero-order valence-electron chi connectivity index (χ0n) is 16.9. The van der Waals surface area contributed by atoms with Crippen molar-refractivity contribution in [1.82, 2.24) is 5.01 Å². The zero-order valence-corrected chi connectivity index (χ0v) is 18.5. The second kappa shape index (κ2) is 6.74. The van der Waals surface area contributed by atoms with Crippen LogP contribution in [0, 0.1) is 0 Å². The predicted molar refractivity (Wildman–Crippen MR) is 115 cm³/mol. The van der Waals surface area contributed by atoms with Crippen molar-refractivity contribution in [3.05, 3.63) is 58.1 Å². The van der Waals surface area contributed by atoms with Crippen molar-refractivity contribution < 1.29 is 14.2 Å². The second-order valence-corrected chi connectivity index (χ2v) is 9.49. The Hall–Kier alpha value is -2.05. The fourth-order valence-electron chi connectivity index (χ4n) is 4.87. The van der Waals surface area contributed by atoms with Crippen molar-refractivity contribution in [2.24, 2.45) is 5.10 Å². The summed E-state index contributed by atoms with van der Waals surface area (Å²) < 4.78 is 19.4. The van der Waals surface area contributed by atoms with Crippen LogP contribution in [0.25, 0.3) is 0 Å². The standard InChI is InChI=1S/C23H25BrN2O3/c1-22(2)14-23(10-11-28-22)26-19(17-12-15(24)8-9-21(17)29-23)13-18(25-26)16-6-4-5-7-20(16)27-3/h4-9,12,19H,10-11,13-14H2,1-3H3/t19-,23+/m0/s1. The molecular formula is C23H25BrN2O3. The van der Waals surface area contributed by atoms with Gasteiger partial charge in [0, 0.05) is 34.9 Å². The third-order valence-corrected chi connectivity index (χ3v) is 6.56. The largest absolute Gasteiger partial charge is 0.496 e. The highest BCUT2D eigenvalue weighted by molar-refractivity contribution is 9.10. The molecule has 152 valence electrons. The van der Waals surface area contributed by atoms with Crippen LogP contribution in [0.4, 0.5) is 0 Å². The number of rotatable bonds is 2. The summed E-state index contributed by atoms with van der Waals surface area (Å²) in [7, 11) is 1.71. The fourth-order valence-corrected chi connectivity index (χ4v) is 5.25. The summed E-state index contributed by atoms with van der Waals surface area (Å²) in [6.07, 6.45) is 2.36. The summed E-state index contributed by atoms with van der Waals surface area (Å²) in [5, 5.41) is 7.34. The molecule has 0 bridgehead atoms. The molecule has 1 spiro atoms. The average Bonchev–Trinajstić information content (AvgIpc) is 3.15. The summed E-state index contributed by atoms with van der Waals surface area (Å²) in [4.78, 5) is 0. The van der Waals surface area contributed by atoms with Crippen LogP contribution in [0.1, 0.15) is 50.3 Å². The Bertz CT molecular complexity index is 990. The van der Waals surface area contributed by atoms with Gasteiger partial charge in [-0.05, 0) is 44.2 Å². The highest BCUT2D eigenvalue weighted by Crippen LogP contribution is 2.52. The highest BCUT2D eigenvalue weighted by Gasteiger charge is 2.54. The van der Waals surface area contributed by atoms with Crippen LogP contribution in [0.15, 0.2) is 52.0 Å². The molecule has 29 heavy (non-hydrogen) atoms. The molecule has 3 heterocycles. The first-order chi connectivity index (χ1) is 13.9. The van der Waals surface area contributed by atoms with Gasteiger partial charge in [-0.25, -0.2) is 5.01 Å². The quantitative estimate of drug-likeness (QED) is 0.615. The first-order valence-electron chi connectivity index (χ1n) is 10.0. The Labute approximate surface area is 179 Å². The van der Waals surface area contributed by atoms with Crippen LogP contribution in [-0.4, -0.2) is 35.8 Å². The Kier molecular flexibility index (Phi) is 4.40. The molecule has 0 N–H and O–H groups in total. The fraction of sp³-hybridized carbons (Fsp3) is 0.435. The second-order valence-electron chi connectivity index (χ2n) is 8.58. The van der Waals surface area contributed by atoms with E-state index in [4.69, 9.17) is 19.3 Å². The molecule has 0 aromatic heterocycles. The summed E-state index contributed by atoms with van der Waals surface area (Å²) in [5.41, 5.74) is 2.48. The van der Waals surface area contributed by atoms with Gasteiger partial charge in [-0.15, -0.1) is 0 Å². The van der Waals surface area contributed by atoms with Gasteiger partial charge in [-0.3, -0.25) is 0 Å². The number of fused-ring (bicyclic) bond motifs is 4.